The third kappa shape index (κ3) is 59.6. The number of hydrogen-bond acceptors (Lipinski definition) is 17. The zero-order valence-electron chi connectivity index (χ0n) is 60.1. The Morgan fingerprint density at radius 1 is 0.275 bits per heavy atom. The van der Waals surface area contributed by atoms with Gasteiger partial charge in [-0.25, -0.2) is 0 Å². The molecular formula is C74H143N9O8. The summed E-state index contributed by atoms with van der Waals surface area (Å²) in [5.74, 6) is 0.568. The molecule has 0 aliphatic carbocycles. The SMILES string of the molecule is CCCCCCCCCCCCOC(=O)CCN(CCCNc1nc(NCCCN(C)C)nc(NCCCN(CCC(=O)OCCCCCCCCCCCC)CCC(=O)OCCCCCCCCCCCC)n1)CCC(=O)OCCCCCCCCCCCC. The van der Waals surface area contributed by atoms with Crippen molar-refractivity contribution in [2.45, 2.75) is 329 Å². The Kier molecular flexibility index (Phi) is 62.0. The molecule has 1 rings (SSSR count). The summed E-state index contributed by atoms with van der Waals surface area (Å²) in [6.45, 7) is 16.8. The molecule has 91 heavy (non-hydrogen) atoms. The summed E-state index contributed by atoms with van der Waals surface area (Å²) in [6.07, 6.45) is 52.6. The zero-order valence-corrected chi connectivity index (χ0v) is 60.1. The van der Waals surface area contributed by atoms with Gasteiger partial charge in [-0.1, -0.05) is 259 Å². The number of ether oxygens (including phenoxy) is 4. The molecule has 17 heteroatoms. The van der Waals surface area contributed by atoms with E-state index in [4.69, 9.17) is 33.9 Å². The lowest BCUT2D eigenvalue weighted by atomic mass is 10.1. The largest absolute Gasteiger partial charge is 0.466 e. The fraction of sp³-hybridized carbons (Fsp3) is 0.905. The van der Waals surface area contributed by atoms with Crippen LogP contribution in [0.4, 0.5) is 17.8 Å². The van der Waals surface area contributed by atoms with E-state index in [-0.39, 0.29) is 49.6 Å². The molecule has 0 aliphatic rings. The minimum atomic E-state index is -0.199. The molecule has 0 saturated heterocycles. The lowest BCUT2D eigenvalue weighted by Crippen LogP contribution is -2.32. The van der Waals surface area contributed by atoms with E-state index in [0.29, 0.717) is 103 Å². The number of carbonyl (C=O) groups is 4. The topological polar surface area (TPSA) is 190 Å². The van der Waals surface area contributed by atoms with Gasteiger partial charge >= 0.3 is 23.9 Å². The van der Waals surface area contributed by atoms with E-state index in [1.54, 1.807) is 0 Å². The Bertz CT molecular complexity index is 1600. The first-order chi connectivity index (χ1) is 44.6. The summed E-state index contributed by atoms with van der Waals surface area (Å²) in [5.41, 5.74) is 0. The van der Waals surface area contributed by atoms with Gasteiger partial charge in [-0.3, -0.25) is 19.2 Å². The van der Waals surface area contributed by atoms with E-state index in [1.165, 1.54) is 205 Å². The molecule has 0 spiro atoms. The number of anilines is 3. The van der Waals surface area contributed by atoms with Gasteiger partial charge in [-0.2, -0.15) is 15.0 Å². The normalized spacial score (nSPS) is 11.5. The molecule has 0 aliphatic heterocycles. The van der Waals surface area contributed by atoms with Crippen molar-refractivity contribution in [3.8, 4) is 0 Å². The Morgan fingerprint density at radius 3 is 0.681 bits per heavy atom. The number of esters is 4. The molecule has 0 unspecified atom stereocenters. The summed E-state index contributed by atoms with van der Waals surface area (Å²) in [5, 5.41) is 10.3. The van der Waals surface area contributed by atoms with Crippen LogP contribution in [0.15, 0.2) is 0 Å². The van der Waals surface area contributed by atoms with Gasteiger partial charge in [0.05, 0.1) is 52.1 Å². The van der Waals surface area contributed by atoms with Crippen molar-refractivity contribution in [2.24, 2.45) is 0 Å². The quantitative estimate of drug-likeness (QED) is 0.0317. The predicted molar refractivity (Wildman–Crippen MR) is 380 cm³/mol. The highest BCUT2D eigenvalue weighted by atomic mass is 16.5. The Morgan fingerprint density at radius 2 is 0.473 bits per heavy atom. The second kappa shape index (κ2) is 66.2. The first kappa shape index (κ1) is 85.2. The van der Waals surface area contributed by atoms with E-state index >= 15 is 0 Å². The van der Waals surface area contributed by atoms with Crippen molar-refractivity contribution in [3.05, 3.63) is 0 Å². The van der Waals surface area contributed by atoms with Gasteiger partial charge in [0.2, 0.25) is 17.8 Å². The average molecular weight is 1290 g/mol. The highest BCUT2D eigenvalue weighted by Crippen LogP contribution is 2.16. The maximum Gasteiger partial charge on any atom is 0.307 e. The van der Waals surface area contributed by atoms with Gasteiger partial charge in [0.15, 0.2) is 0 Å². The predicted octanol–water partition coefficient (Wildman–Crippen LogP) is 17.9. The minimum Gasteiger partial charge on any atom is -0.466 e. The number of aromatic nitrogens is 3. The smallest absolute Gasteiger partial charge is 0.307 e. The van der Waals surface area contributed by atoms with Gasteiger partial charge < -0.3 is 49.6 Å². The fourth-order valence-corrected chi connectivity index (χ4v) is 11.3. The molecule has 17 nitrogen and oxygen atoms in total. The van der Waals surface area contributed by atoms with Crippen LogP contribution < -0.4 is 16.0 Å². The molecular weight excluding hydrogens is 1140 g/mol. The van der Waals surface area contributed by atoms with Crippen LogP contribution in [0.5, 0.6) is 0 Å². The summed E-state index contributed by atoms with van der Waals surface area (Å²) in [4.78, 5) is 72.6. The number of nitrogens with one attached hydrogen (secondary N) is 3. The average Bonchev–Trinajstić information content (AvgIpc) is 2.74. The molecule has 0 bridgehead atoms. The molecule has 0 aromatic carbocycles. The summed E-state index contributed by atoms with van der Waals surface area (Å²) < 4.78 is 22.7. The van der Waals surface area contributed by atoms with Gasteiger partial charge in [0.25, 0.3) is 0 Å². The van der Waals surface area contributed by atoms with Crippen molar-refractivity contribution in [3.63, 3.8) is 0 Å². The fourth-order valence-electron chi connectivity index (χ4n) is 11.3. The maximum absolute atomic E-state index is 13.0. The highest BCUT2D eigenvalue weighted by molar-refractivity contribution is 5.71. The molecule has 0 fully saturated rings. The molecule has 0 atom stereocenters. The van der Waals surface area contributed by atoms with Crippen LogP contribution in [-0.2, 0) is 38.1 Å². The summed E-state index contributed by atoms with van der Waals surface area (Å²) in [7, 11) is 4.12. The molecule has 0 amide bonds. The van der Waals surface area contributed by atoms with Crippen LogP contribution in [0, 0.1) is 0 Å². The van der Waals surface area contributed by atoms with E-state index in [9.17, 15) is 19.2 Å². The third-order valence-electron chi connectivity index (χ3n) is 17.1. The molecule has 3 N–H and O–H groups in total. The monoisotopic (exact) mass is 1290 g/mol. The van der Waals surface area contributed by atoms with Gasteiger partial charge in [0.1, 0.15) is 0 Å². The van der Waals surface area contributed by atoms with Crippen molar-refractivity contribution >= 4 is 41.7 Å². The molecule has 1 heterocycles. The van der Waals surface area contributed by atoms with Gasteiger partial charge in [-0.15, -0.1) is 0 Å². The molecule has 1 aromatic heterocycles. The molecule has 532 valence electrons. The Balaban J connectivity index is 2.91. The lowest BCUT2D eigenvalue weighted by molar-refractivity contribution is -0.146. The zero-order chi connectivity index (χ0) is 66.0. The number of carbonyl (C=O) groups excluding carboxylic acids is 4. The number of hydrogen-bond donors (Lipinski definition) is 3. The van der Waals surface area contributed by atoms with E-state index in [1.807, 2.05) is 0 Å². The van der Waals surface area contributed by atoms with Crippen molar-refractivity contribution < 1.29 is 38.1 Å². The first-order valence-corrected chi connectivity index (χ1v) is 38.3. The second-order valence-corrected chi connectivity index (χ2v) is 26.2. The number of rotatable bonds is 71. The minimum absolute atomic E-state index is 0.199. The van der Waals surface area contributed by atoms with Crippen molar-refractivity contribution in [2.75, 3.05) is 122 Å². The summed E-state index contributed by atoms with van der Waals surface area (Å²) in [6, 6.07) is 0. The molecule has 1 aromatic rings. The maximum atomic E-state index is 13.0. The lowest BCUT2D eigenvalue weighted by Gasteiger charge is -2.22. The van der Waals surface area contributed by atoms with Crippen LogP contribution in [0.1, 0.15) is 329 Å². The number of unbranched alkanes of at least 4 members (excludes halogenated alkanes) is 36. The van der Waals surface area contributed by atoms with Crippen LogP contribution in [0.25, 0.3) is 0 Å². The first-order valence-electron chi connectivity index (χ1n) is 38.3. The second-order valence-electron chi connectivity index (χ2n) is 26.2. The third-order valence-corrected chi connectivity index (χ3v) is 17.1. The van der Waals surface area contributed by atoms with Gasteiger partial charge in [0, 0.05) is 45.8 Å². The van der Waals surface area contributed by atoms with Gasteiger partial charge in [-0.05, 0) is 78.7 Å². The van der Waals surface area contributed by atoms with Crippen LogP contribution in [0.3, 0.4) is 0 Å². The van der Waals surface area contributed by atoms with Crippen LogP contribution in [-0.4, -0.2) is 159 Å². The molecule has 0 saturated carbocycles. The standard InChI is InChI=1S/C74H143N9O8/c1-7-11-15-19-23-27-31-35-39-43-64-88-68(84)50-60-82(61-51-69(85)89-65-44-40-36-32-28-24-20-16-12-8-2)58-48-55-76-73-78-72(75-54-47-57-81(5)6)79-74(80-73)77-56-49-59-83(62-52-70(86)90-66-45-41-37-33-29-25-21-17-13-9-3)63-53-71(87)91-67-46-42-38-34-30-26-22-18-14-10-4/h7-67H2,1-6H3,(H3,75,76,77,78,79,80). The van der Waals surface area contributed by atoms with E-state index in [2.05, 4.69) is 72.4 Å². The Hall–Kier alpha value is -3.83. The Labute approximate surface area is 558 Å². The van der Waals surface area contributed by atoms with Crippen molar-refractivity contribution in [1.82, 2.24) is 29.7 Å². The molecule has 0 radical (unpaired) electrons. The summed E-state index contributed by atoms with van der Waals surface area (Å²) >= 11 is 0. The number of nitrogens with zero attached hydrogens (tertiary/aromatic N) is 6. The van der Waals surface area contributed by atoms with Crippen LogP contribution in [0.2, 0.25) is 0 Å². The van der Waals surface area contributed by atoms with E-state index < -0.39 is 0 Å². The van der Waals surface area contributed by atoms with Crippen LogP contribution >= 0.6 is 0 Å². The highest BCUT2D eigenvalue weighted by Gasteiger charge is 2.16. The van der Waals surface area contributed by atoms with E-state index in [0.717, 1.165) is 77.2 Å². The van der Waals surface area contributed by atoms with Crippen molar-refractivity contribution in [1.29, 1.82) is 0 Å².